The maximum atomic E-state index is 10.9. The van der Waals surface area contributed by atoms with Crippen LogP contribution in [0.3, 0.4) is 0 Å². The zero-order valence-corrected chi connectivity index (χ0v) is 11.5. The van der Waals surface area contributed by atoms with Crippen LogP contribution in [0.4, 0.5) is 0 Å². The molecule has 2 amide bonds. The second kappa shape index (κ2) is 7.53. The molecule has 1 rings (SSSR count). The molecule has 0 saturated carbocycles. The second-order valence-electron chi connectivity index (χ2n) is 4.52. The van der Waals surface area contributed by atoms with Crippen molar-refractivity contribution in [3.8, 4) is 0 Å². The van der Waals surface area contributed by atoms with Gasteiger partial charge >= 0.3 is 0 Å². The van der Waals surface area contributed by atoms with Crippen molar-refractivity contribution in [3.63, 3.8) is 0 Å². The summed E-state index contributed by atoms with van der Waals surface area (Å²) in [4.78, 5) is 21.9. The van der Waals surface area contributed by atoms with Gasteiger partial charge in [0.1, 0.15) is 0 Å². The number of amides is 2. The minimum atomic E-state index is -0.0624. The van der Waals surface area contributed by atoms with Crippen molar-refractivity contribution in [2.24, 2.45) is 5.73 Å². The smallest absolute Gasteiger partial charge is 0.217 e. The van der Waals surface area contributed by atoms with E-state index in [1.54, 1.807) is 0 Å². The number of nitrogens with two attached hydrogens (primary N) is 1. The summed E-state index contributed by atoms with van der Waals surface area (Å²) in [5, 5.41) is 5.53. The molecule has 5 nitrogen and oxygen atoms in total. The molecule has 19 heavy (non-hydrogen) atoms. The van der Waals surface area contributed by atoms with E-state index >= 15 is 0 Å². The van der Waals surface area contributed by atoms with Gasteiger partial charge in [0.05, 0.1) is 0 Å². The lowest BCUT2D eigenvalue weighted by atomic mass is 10.0. The molecular formula is C14H21N3O2. The van der Waals surface area contributed by atoms with E-state index in [0.29, 0.717) is 19.6 Å². The lowest BCUT2D eigenvalue weighted by Gasteiger charge is -2.10. The molecule has 0 aliphatic heterocycles. The van der Waals surface area contributed by atoms with Gasteiger partial charge in [0, 0.05) is 26.9 Å². The number of carbonyl (C=O) groups excluding carboxylic acids is 2. The summed E-state index contributed by atoms with van der Waals surface area (Å²) in [5.41, 5.74) is 8.71. The Kier molecular flexibility index (Phi) is 6.02. The van der Waals surface area contributed by atoms with Crippen LogP contribution in [0.5, 0.6) is 0 Å². The highest BCUT2D eigenvalue weighted by molar-refractivity contribution is 5.73. The van der Waals surface area contributed by atoms with Crippen molar-refractivity contribution in [1.29, 1.82) is 0 Å². The number of benzene rings is 1. The predicted octanol–water partition coefficient (Wildman–Crippen LogP) is 0.460. The largest absolute Gasteiger partial charge is 0.352 e. The van der Waals surface area contributed by atoms with E-state index in [4.69, 9.17) is 5.73 Å². The Labute approximate surface area is 113 Å². The highest BCUT2D eigenvalue weighted by atomic mass is 16.1. The Bertz CT molecular complexity index is 422. The Morgan fingerprint density at radius 3 is 1.74 bits per heavy atom. The van der Waals surface area contributed by atoms with Crippen LogP contribution in [-0.4, -0.2) is 18.4 Å². The summed E-state index contributed by atoms with van der Waals surface area (Å²) in [6.07, 6.45) is 0.779. The first-order valence-electron chi connectivity index (χ1n) is 6.32. The van der Waals surface area contributed by atoms with Crippen molar-refractivity contribution in [2.45, 2.75) is 33.4 Å². The van der Waals surface area contributed by atoms with Gasteiger partial charge in [0.15, 0.2) is 0 Å². The molecule has 104 valence electrons. The monoisotopic (exact) mass is 263 g/mol. The van der Waals surface area contributed by atoms with Gasteiger partial charge < -0.3 is 16.4 Å². The van der Waals surface area contributed by atoms with Crippen molar-refractivity contribution >= 4 is 11.8 Å². The third-order valence-electron chi connectivity index (χ3n) is 2.63. The molecule has 1 aromatic carbocycles. The summed E-state index contributed by atoms with van der Waals surface area (Å²) in [6, 6.07) is 6.03. The van der Waals surface area contributed by atoms with Gasteiger partial charge in [-0.15, -0.1) is 0 Å². The van der Waals surface area contributed by atoms with Gasteiger partial charge in [-0.25, -0.2) is 0 Å². The zero-order valence-electron chi connectivity index (χ0n) is 11.5. The molecular weight excluding hydrogens is 242 g/mol. The Hall–Kier alpha value is -1.88. The van der Waals surface area contributed by atoms with E-state index in [0.717, 1.165) is 23.1 Å². The van der Waals surface area contributed by atoms with Crippen LogP contribution in [0.2, 0.25) is 0 Å². The third-order valence-corrected chi connectivity index (χ3v) is 2.63. The SMILES string of the molecule is CC(=O)NCc1cc(CCN)cc(CNC(C)=O)c1. The predicted molar refractivity (Wildman–Crippen MR) is 74.2 cm³/mol. The van der Waals surface area contributed by atoms with Crippen molar-refractivity contribution < 1.29 is 9.59 Å². The van der Waals surface area contributed by atoms with Crippen LogP contribution in [-0.2, 0) is 29.1 Å². The molecule has 0 bridgehead atoms. The molecule has 4 N–H and O–H groups in total. The molecule has 0 heterocycles. The van der Waals surface area contributed by atoms with E-state index < -0.39 is 0 Å². The Balaban J connectivity index is 2.83. The number of nitrogens with one attached hydrogen (secondary N) is 2. The quantitative estimate of drug-likeness (QED) is 0.697. The minimum Gasteiger partial charge on any atom is -0.352 e. The fraction of sp³-hybridized carbons (Fsp3) is 0.429. The van der Waals surface area contributed by atoms with Gasteiger partial charge in [0.2, 0.25) is 11.8 Å². The van der Waals surface area contributed by atoms with Crippen LogP contribution in [0.1, 0.15) is 30.5 Å². The minimum absolute atomic E-state index is 0.0624. The standard InChI is InChI=1S/C14H21N3O2/c1-10(18)16-8-13-5-12(3-4-15)6-14(7-13)9-17-11(2)19/h5-7H,3-4,8-9,15H2,1-2H3,(H,16,18)(H,17,19). The summed E-state index contributed by atoms with van der Waals surface area (Å²) in [7, 11) is 0. The molecule has 0 radical (unpaired) electrons. The van der Waals surface area contributed by atoms with Crippen LogP contribution in [0.15, 0.2) is 18.2 Å². The molecule has 0 spiro atoms. The van der Waals surface area contributed by atoms with Crippen LogP contribution >= 0.6 is 0 Å². The van der Waals surface area contributed by atoms with E-state index in [2.05, 4.69) is 10.6 Å². The number of rotatable bonds is 6. The van der Waals surface area contributed by atoms with Gasteiger partial charge in [-0.2, -0.15) is 0 Å². The summed E-state index contributed by atoms with van der Waals surface area (Å²) in [6.45, 7) is 4.52. The maximum absolute atomic E-state index is 10.9. The van der Waals surface area contributed by atoms with Crippen molar-refractivity contribution in [3.05, 3.63) is 34.9 Å². The molecule has 0 aliphatic carbocycles. The third kappa shape index (κ3) is 6.01. The Morgan fingerprint density at radius 2 is 1.37 bits per heavy atom. The summed E-state index contributed by atoms with van der Waals surface area (Å²) < 4.78 is 0. The van der Waals surface area contributed by atoms with E-state index in [-0.39, 0.29) is 11.8 Å². The van der Waals surface area contributed by atoms with Crippen LogP contribution in [0.25, 0.3) is 0 Å². The first kappa shape index (κ1) is 15.2. The van der Waals surface area contributed by atoms with Gasteiger partial charge in [-0.1, -0.05) is 18.2 Å². The average Bonchev–Trinajstić information content (AvgIpc) is 2.34. The molecule has 0 unspecified atom stereocenters. The lowest BCUT2D eigenvalue weighted by molar-refractivity contribution is -0.119. The normalized spacial score (nSPS) is 10.1. The number of carbonyl (C=O) groups is 2. The number of hydrogen-bond donors (Lipinski definition) is 3. The molecule has 1 aromatic rings. The van der Waals surface area contributed by atoms with Crippen LogP contribution in [0, 0.1) is 0 Å². The molecule has 0 atom stereocenters. The van der Waals surface area contributed by atoms with Crippen molar-refractivity contribution in [2.75, 3.05) is 6.54 Å². The fourth-order valence-corrected chi connectivity index (χ4v) is 1.81. The van der Waals surface area contributed by atoms with Gasteiger partial charge in [-0.3, -0.25) is 9.59 Å². The molecule has 5 heteroatoms. The fourth-order valence-electron chi connectivity index (χ4n) is 1.81. The molecule has 0 fully saturated rings. The summed E-state index contributed by atoms with van der Waals surface area (Å²) in [5.74, 6) is -0.125. The summed E-state index contributed by atoms with van der Waals surface area (Å²) >= 11 is 0. The highest BCUT2D eigenvalue weighted by Gasteiger charge is 2.03. The lowest BCUT2D eigenvalue weighted by Crippen LogP contribution is -2.21. The molecule has 0 aromatic heterocycles. The van der Waals surface area contributed by atoms with Crippen molar-refractivity contribution in [1.82, 2.24) is 10.6 Å². The first-order valence-corrected chi connectivity index (χ1v) is 6.32. The maximum Gasteiger partial charge on any atom is 0.217 e. The zero-order chi connectivity index (χ0) is 14.3. The first-order chi connectivity index (χ1) is 9.01. The number of hydrogen-bond acceptors (Lipinski definition) is 3. The van der Waals surface area contributed by atoms with E-state index in [1.807, 2.05) is 18.2 Å². The molecule has 0 aliphatic rings. The second-order valence-corrected chi connectivity index (χ2v) is 4.52. The topological polar surface area (TPSA) is 84.2 Å². The van der Waals surface area contributed by atoms with Gasteiger partial charge in [-0.05, 0) is 29.7 Å². The highest BCUT2D eigenvalue weighted by Crippen LogP contribution is 2.11. The van der Waals surface area contributed by atoms with Crippen LogP contribution < -0.4 is 16.4 Å². The average molecular weight is 263 g/mol. The van der Waals surface area contributed by atoms with Gasteiger partial charge in [0.25, 0.3) is 0 Å². The molecule has 0 saturated heterocycles. The van der Waals surface area contributed by atoms with E-state index in [9.17, 15) is 9.59 Å². The van der Waals surface area contributed by atoms with E-state index in [1.165, 1.54) is 13.8 Å². The Morgan fingerprint density at radius 1 is 0.947 bits per heavy atom.